The van der Waals surface area contributed by atoms with Gasteiger partial charge in [-0.3, -0.25) is 4.79 Å². The van der Waals surface area contributed by atoms with E-state index in [2.05, 4.69) is 0 Å². The highest BCUT2D eigenvalue weighted by atomic mass is 19.1. The van der Waals surface area contributed by atoms with E-state index in [9.17, 15) is 14.3 Å². The lowest BCUT2D eigenvalue weighted by atomic mass is 10.0. The summed E-state index contributed by atoms with van der Waals surface area (Å²) in [6.07, 6.45) is -0.0328. The molecule has 1 aromatic carbocycles. The molecule has 104 valence electrons. The van der Waals surface area contributed by atoms with E-state index in [0.29, 0.717) is 12.2 Å². The predicted octanol–water partition coefficient (Wildman–Crippen LogP) is 1.82. The minimum Gasteiger partial charge on any atom is -0.496 e. The fourth-order valence-corrected chi connectivity index (χ4v) is 2.56. The molecule has 0 saturated carbocycles. The second kappa shape index (κ2) is 4.81. The molecular formula is C14H18FNO3. The quantitative estimate of drug-likeness (QED) is 0.889. The van der Waals surface area contributed by atoms with Crippen molar-refractivity contribution in [3.8, 4) is 5.75 Å². The number of β-amino-alcohol motifs (C(OH)–C–C–N with tert-alkyl or cyclic N) is 1. The Kier molecular flexibility index (Phi) is 3.49. The molecule has 2 rings (SSSR count). The minimum atomic E-state index is -0.543. The van der Waals surface area contributed by atoms with E-state index in [1.807, 2.05) is 13.8 Å². The molecule has 0 aromatic heterocycles. The molecular weight excluding hydrogens is 249 g/mol. The number of hydrogen-bond acceptors (Lipinski definition) is 3. The first-order valence-electron chi connectivity index (χ1n) is 6.19. The van der Waals surface area contributed by atoms with E-state index in [1.54, 1.807) is 4.90 Å². The molecule has 0 bridgehead atoms. The third-order valence-electron chi connectivity index (χ3n) is 3.50. The number of aliphatic hydroxyl groups excluding tert-OH is 1. The molecule has 1 aliphatic heterocycles. The number of hydrogen-bond donors (Lipinski definition) is 1. The molecule has 4 nitrogen and oxygen atoms in total. The zero-order chi connectivity index (χ0) is 14.2. The van der Waals surface area contributed by atoms with Crippen molar-refractivity contribution in [3.63, 3.8) is 0 Å². The van der Waals surface area contributed by atoms with Gasteiger partial charge in [0.25, 0.3) is 5.91 Å². The van der Waals surface area contributed by atoms with Gasteiger partial charge in [-0.1, -0.05) is 0 Å². The molecule has 1 amide bonds. The standard InChI is InChI=1S/C14H18FNO3/c1-14(2)7-10(17)8-16(14)13(18)11-6-9(15)4-5-12(11)19-3/h4-6,10,17H,7-8H2,1-3H3. The van der Waals surface area contributed by atoms with Crippen LogP contribution in [0.5, 0.6) is 5.75 Å². The van der Waals surface area contributed by atoms with Gasteiger partial charge in [-0.2, -0.15) is 0 Å². The Balaban J connectivity index is 2.37. The normalized spacial score (nSPS) is 21.5. The van der Waals surface area contributed by atoms with Crippen molar-refractivity contribution in [2.45, 2.75) is 31.9 Å². The maximum Gasteiger partial charge on any atom is 0.258 e. The summed E-state index contributed by atoms with van der Waals surface area (Å²) < 4.78 is 18.4. The maximum atomic E-state index is 13.3. The van der Waals surface area contributed by atoms with Gasteiger partial charge in [0.05, 0.1) is 18.8 Å². The van der Waals surface area contributed by atoms with Gasteiger partial charge < -0.3 is 14.7 Å². The maximum absolute atomic E-state index is 13.3. The van der Waals surface area contributed by atoms with Crippen LogP contribution >= 0.6 is 0 Å². The van der Waals surface area contributed by atoms with Crippen molar-refractivity contribution in [2.75, 3.05) is 13.7 Å². The van der Waals surface area contributed by atoms with Crippen LogP contribution in [-0.2, 0) is 0 Å². The number of carbonyl (C=O) groups is 1. The molecule has 5 heteroatoms. The lowest BCUT2D eigenvalue weighted by Crippen LogP contribution is -2.42. The smallest absolute Gasteiger partial charge is 0.258 e. The zero-order valence-electron chi connectivity index (χ0n) is 11.3. The van der Waals surface area contributed by atoms with Crippen molar-refractivity contribution in [3.05, 3.63) is 29.6 Å². The Morgan fingerprint density at radius 2 is 2.21 bits per heavy atom. The summed E-state index contributed by atoms with van der Waals surface area (Å²) in [6.45, 7) is 4.02. The summed E-state index contributed by atoms with van der Waals surface area (Å²) in [5, 5.41) is 9.71. The summed E-state index contributed by atoms with van der Waals surface area (Å²) >= 11 is 0. The van der Waals surface area contributed by atoms with Crippen molar-refractivity contribution in [1.29, 1.82) is 0 Å². The number of rotatable bonds is 2. The highest BCUT2D eigenvalue weighted by Gasteiger charge is 2.41. The molecule has 1 unspecified atom stereocenters. The average molecular weight is 267 g/mol. The number of halogens is 1. The molecule has 1 heterocycles. The van der Waals surface area contributed by atoms with Crippen LogP contribution in [0.25, 0.3) is 0 Å². The number of ether oxygens (including phenoxy) is 1. The van der Waals surface area contributed by atoms with Gasteiger partial charge in [-0.15, -0.1) is 0 Å². The second-order valence-corrected chi connectivity index (χ2v) is 5.43. The average Bonchev–Trinajstić information content (AvgIpc) is 2.61. The van der Waals surface area contributed by atoms with E-state index in [4.69, 9.17) is 4.74 Å². The molecule has 1 fully saturated rings. The molecule has 1 N–H and O–H groups in total. The molecule has 19 heavy (non-hydrogen) atoms. The third-order valence-corrected chi connectivity index (χ3v) is 3.50. The number of carbonyl (C=O) groups excluding carboxylic acids is 1. The summed E-state index contributed by atoms with van der Waals surface area (Å²) in [5.41, 5.74) is -0.266. The molecule has 1 saturated heterocycles. The van der Waals surface area contributed by atoms with Crippen molar-refractivity contribution in [2.24, 2.45) is 0 Å². The third kappa shape index (κ3) is 2.56. The first-order valence-corrected chi connectivity index (χ1v) is 6.19. The number of nitrogens with zero attached hydrogens (tertiary/aromatic N) is 1. The topological polar surface area (TPSA) is 49.8 Å². The lowest BCUT2D eigenvalue weighted by Gasteiger charge is -2.31. The Bertz CT molecular complexity index is 501. The lowest BCUT2D eigenvalue weighted by molar-refractivity contribution is 0.0637. The highest BCUT2D eigenvalue weighted by molar-refractivity contribution is 5.97. The van der Waals surface area contributed by atoms with Crippen LogP contribution in [0.1, 0.15) is 30.6 Å². The Morgan fingerprint density at radius 3 is 2.74 bits per heavy atom. The second-order valence-electron chi connectivity index (χ2n) is 5.43. The van der Waals surface area contributed by atoms with Gasteiger partial charge in [0.15, 0.2) is 0 Å². The van der Waals surface area contributed by atoms with Gasteiger partial charge in [0.2, 0.25) is 0 Å². The molecule has 1 aromatic rings. The number of benzene rings is 1. The van der Waals surface area contributed by atoms with Crippen LogP contribution in [0.4, 0.5) is 4.39 Å². The Morgan fingerprint density at radius 1 is 1.53 bits per heavy atom. The molecule has 0 spiro atoms. The minimum absolute atomic E-state index is 0.185. The van der Waals surface area contributed by atoms with E-state index in [1.165, 1.54) is 25.3 Å². The summed E-state index contributed by atoms with van der Waals surface area (Å²) in [7, 11) is 1.44. The SMILES string of the molecule is COc1ccc(F)cc1C(=O)N1CC(O)CC1(C)C. The molecule has 0 radical (unpaired) electrons. The van der Waals surface area contributed by atoms with Gasteiger partial charge in [0.1, 0.15) is 11.6 Å². The first-order chi connectivity index (χ1) is 8.85. The summed E-state index contributed by atoms with van der Waals surface area (Å²) in [4.78, 5) is 14.1. The van der Waals surface area contributed by atoms with Crippen molar-refractivity contribution >= 4 is 5.91 Å². The monoisotopic (exact) mass is 267 g/mol. The van der Waals surface area contributed by atoms with Crippen LogP contribution < -0.4 is 4.74 Å². The largest absolute Gasteiger partial charge is 0.496 e. The van der Waals surface area contributed by atoms with E-state index in [-0.39, 0.29) is 18.0 Å². The van der Waals surface area contributed by atoms with Gasteiger partial charge in [0, 0.05) is 12.1 Å². The number of amides is 1. The van der Waals surface area contributed by atoms with Crippen LogP contribution in [0, 0.1) is 5.82 Å². The van der Waals surface area contributed by atoms with Crippen LogP contribution in [0.3, 0.4) is 0 Å². The van der Waals surface area contributed by atoms with E-state index in [0.717, 1.165) is 0 Å². The van der Waals surface area contributed by atoms with Gasteiger partial charge >= 0.3 is 0 Å². The fourth-order valence-electron chi connectivity index (χ4n) is 2.56. The van der Waals surface area contributed by atoms with Crippen LogP contribution in [-0.4, -0.2) is 41.2 Å². The van der Waals surface area contributed by atoms with Gasteiger partial charge in [-0.05, 0) is 38.5 Å². The number of likely N-dealkylation sites (tertiary alicyclic amines) is 1. The van der Waals surface area contributed by atoms with Crippen LogP contribution in [0.2, 0.25) is 0 Å². The molecule has 0 aliphatic carbocycles. The number of methoxy groups -OCH3 is 1. The van der Waals surface area contributed by atoms with Gasteiger partial charge in [-0.25, -0.2) is 4.39 Å². The molecule has 1 aliphatic rings. The first kappa shape index (κ1) is 13.8. The summed E-state index contributed by atoms with van der Waals surface area (Å²) in [5.74, 6) is -0.469. The Hall–Kier alpha value is -1.62. The Labute approximate surface area is 111 Å². The number of aliphatic hydroxyl groups is 1. The van der Waals surface area contributed by atoms with E-state index < -0.39 is 17.5 Å². The van der Waals surface area contributed by atoms with Crippen LogP contribution in [0.15, 0.2) is 18.2 Å². The van der Waals surface area contributed by atoms with Crippen molar-refractivity contribution in [1.82, 2.24) is 4.90 Å². The fraction of sp³-hybridized carbons (Fsp3) is 0.500. The zero-order valence-corrected chi connectivity index (χ0v) is 11.3. The van der Waals surface area contributed by atoms with Crippen molar-refractivity contribution < 1.29 is 19.0 Å². The predicted molar refractivity (Wildman–Crippen MR) is 68.7 cm³/mol. The highest BCUT2D eigenvalue weighted by Crippen LogP contribution is 2.32. The molecule has 1 atom stereocenters. The van der Waals surface area contributed by atoms with E-state index >= 15 is 0 Å². The summed E-state index contributed by atoms with van der Waals surface area (Å²) in [6, 6.07) is 3.85.